The Morgan fingerprint density at radius 2 is 2.12 bits per heavy atom. The van der Waals surface area contributed by atoms with Crippen LogP contribution in [-0.4, -0.2) is 11.5 Å². The average molecular weight is 297 g/mol. The van der Waals surface area contributed by atoms with Crippen LogP contribution in [0.2, 0.25) is 0 Å². The molecule has 2 nitrogen and oxygen atoms in total. The molecule has 0 radical (unpaired) electrons. The van der Waals surface area contributed by atoms with E-state index in [0.29, 0.717) is 0 Å². The third-order valence-corrected chi connectivity index (χ3v) is 4.43. The third kappa shape index (κ3) is 3.98. The number of anilines is 1. The number of aromatic nitrogens is 1. The minimum absolute atomic E-state index is 0.997. The van der Waals surface area contributed by atoms with E-state index in [0.717, 1.165) is 28.4 Å². The lowest BCUT2D eigenvalue weighted by atomic mass is 10.0. The predicted molar refractivity (Wildman–Crippen MR) is 76.4 cm³/mol. The molecular weight excluding hydrogens is 276 g/mol. The average Bonchev–Trinajstić information content (AvgIpc) is 2.82. The van der Waals surface area contributed by atoms with Gasteiger partial charge in [-0.25, -0.2) is 4.98 Å². The Morgan fingerprint density at radius 3 is 2.82 bits per heavy atom. The third-order valence-electron chi connectivity index (χ3n) is 3.59. The number of halogens is 1. The summed E-state index contributed by atoms with van der Waals surface area (Å²) in [7, 11) is 0. The molecule has 1 aliphatic carbocycles. The van der Waals surface area contributed by atoms with Crippen LogP contribution in [0.3, 0.4) is 0 Å². The van der Waals surface area contributed by atoms with Crippen molar-refractivity contribution in [2.24, 2.45) is 5.92 Å². The predicted octanol–water partition coefficient (Wildman–Crippen LogP) is 4.53. The van der Waals surface area contributed by atoms with Gasteiger partial charge in [-0.3, -0.25) is 0 Å². The summed E-state index contributed by atoms with van der Waals surface area (Å²) in [6.07, 6.45) is 8.45. The van der Waals surface area contributed by atoms with Gasteiger partial charge in [-0.05, 0) is 53.7 Å². The Balaban J connectivity index is 1.68. The second-order valence-electron chi connectivity index (χ2n) is 4.98. The lowest BCUT2D eigenvalue weighted by Crippen LogP contribution is -2.06. The van der Waals surface area contributed by atoms with Crippen molar-refractivity contribution in [3.63, 3.8) is 0 Å². The first-order valence-electron chi connectivity index (χ1n) is 6.63. The number of nitrogens with zero attached hydrogens (tertiary/aromatic N) is 1. The molecule has 94 valence electrons. The van der Waals surface area contributed by atoms with Crippen molar-refractivity contribution in [1.82, 2.24) is 4.98 Å². The van der Waals surface area contributed by atoms with E-state index in [2.05, 4.69) is 32.3 Å². The quantitative estimate of drug-likeness (QED) is 0.807. The van der Waals surface area contributed by atoms with E-state index in [-0.39, 0.29) is 0 Å². The molecule has 3 heteroatoms. The fraction of sp³-hybridized carbons (Fsp3) is 0.643. The molecule has 0 unspecified atom stereocenters. The first-order chi connectivity index (χ1) is 8.25. The Hall–Kier alpha value is -0.570. The van der Waals surface area contributed by atoms with E-state index < -0.39 is 0 Å². The number of pyridine rings is 1. The van der Waals surface area contributed by atoms with Crippen LogP contribution in [0.15, 0.2) is 16.6 Å². The molecule has 0 amide bonds. The van der Waals surface area contributed by atoms with Crippen molar-refractivity contribution in [3.05, 3.63) is 22.3 Å². The molecule has 2 rings (SSSR count). The van der Waals surface area contributed by atoms with Crippen LogP contribution in [0.4, 0.5) is 5.82 Å². The lowest BCUT2D eigenvalue weighted by Gasteiger charge is -2.10. The SMILES string of the molecule is Cc1nc(NCCCC2CCCC2)ccc1Br. The van der Waals surface area contributed by atoms with Crippen LogP contribution < -0.4 is 5.32 Å². The van der Waals surface area contributed by atoms with Gasteiger partial charge in [0.1, 0.15) is 5.82 Å². The van der Waals surface area contributed by atoms with Crippen LogP contribution in [0.5, 0.6) is 0 Å². The van der Waals surface area contributed by atoms with Crippen molar-refractivity contribution in [2.75, 3.05) is 11.9 Å². The Morgan fingerprint density at radius 1 is 1.35 bits per heavy atom. The molecule has 1 heterocycles. The first-order valence-corrected chi connectivity index (χ1v) is 7.42. The van der Waals surface area contributed by atoms with E-state index in [4.69, 9.17) is 0 Å². The molecule has 1 aromatic heterocycles. The highest BCUT2D eigenvalue weighted by Gasteiger charge is 2.13. The van der Waals surface area contributed by atoms with E-state index in [1.807, 2.05) is 13.0 Å². The monoisotopic (exact) mass is 296 g/mol. The highest BCUT2D eigenvalue weighted by atomic mass is 79.9. The summed E-state index contributed by atoms with van der Waals surface area (Å²) in [5.41, 5.74) is 1.05. The summed E-state index contributed by atoms with van der Waals surface area (Å²) >= 11 is 3.47. The molecule has 1 N–H and O–H groups in total. The molecule has 0 saturated heterocycles. The summed E-state index contributed by atoms with van der Waals surface area (Å²) in [5, 5.41) is 3.40. The van der Waals surface area contributed by atoms with Gasteiger partial charge >= 0.3 is 0 Å². The molecule has 0 aromatic carbocycles. The van der Waals surface area contributed by atoms with Crippen LogP contribution in [0.25, 0.3) is 0 Å². The second kappa shape index (κ2) is 6.39. The fourth-order valence-corrected chi connectivity index (χ4v) is 2.77. The Bertz CT molecular complexity index is 359. The maximum Gasteiger partial charge on any atom is 0.126 e. The topological polar surface area (TPSA) is 24.9 Å². The van der Waals surface area contributed by atoms with Gasteiger partial charge in [-0.2, -0.15) is 0 Å². The van der Waals surface area contributed by atoms with Crippen molar-refractivity contribution >= 4 is 21.7 Å². The van der Waals surface area contributed by atoms with Gasteiger partial charge < -0.3 is 5.32 Å². The molecular formula is C14H21BrN2. The highest BCUT2D eigenvalue weighted by Crippen LogP contribution is 2.28. The van der Waals surface area contributed by atoms with Gasteiger partial charge in [-0.15, -0.1) is 0 Å². The molecule has 0 aliphatic heterocycles. The molecule has 17 heavy (non-hydrogen) atoms. The number of hydrogen-bond acceptors (Lipinski definition) is 2. The number of nitrogens with one attached hydrogen (secondary N) is 1. The largest absolute Gasteiger partial charge is 0.370 e. The number of aryl methyl sites for hydroxylation is 1. The summed E-state index contributed by atoms with van der Waals surface area (Å²) in [5.74, 6) is 1.99. The smallest absolute Gasteiger partial charge is 0.126 e. The molecule has 1 saturated carbocycles. The minimum atomic E-state index is 0.997. The molecule has 1 fully saturated rings. The summed E-state index contributed by atoms with van der Waals surface area (Å²) in [6.45, 7) is 3.07. The van der Waals surface area contributed by atoms with Crippen molar-refractivity contribution < 1.29 is 0 Å². The Labute approximate surface area is 112 Å². The van der Waals surface area contributed by atoms with E-state index >= 15 is 0 Å². The van der Waals surface area contributed by atoms with Crippen molar-refractivity contribution in [2.45, 2.75) is 45.4 Å². The highest BCUT2D eigenvalue weighted by molar-refractivity contribution is 9.10. The van der Waals surface area contributed by atoms with Gasteiger partial charge in [-0.1, -0.05) is 25.7 Å². The number of hydrogen-bond donors (Lipinski definition) is 1. The Kier molecular flexibility index (Phi) is 4.84. The standard InChI is InChI=1S/C14H21BrN2/c1-11-13(15)8-9-14(17-11)16-10-4-7-12-5-2-3-6-12/h8-9,12H,2-7,10H2,1H3,(H,16,17). The summed E-state index contributed by atoms with van der Waals surface area (Å²) < 4.78 is 1.08. The second-order valence-corrected chi connectivity index (χ2v) is 5.84. The zero-order chi connectivity index (χ0) is 12.1. The fourth-order valence-electron chi connectivity index (χ4n) is 2.55. The maximum absolute atomic E-state index is 4.48. The van der Waals surface area contributed by atoms with E-state index in [9.17, 15) is 0 Å². The van der Waals surface area contributed by atoms with Gasteiger partial charge in [0.05, 0.1) is 5.69 Å². The van der Waals surface area contributed by atoms with Gasteiger partial charge in [0.25, 0.3) is 0 Å². The molecule has 0 spiro atoms. The summed E-state index contributed by atoms with van der Waals surface area (Å²) in [4.78, 5) is 4.48. The minimum Gasteiger partial charge on any atom is -0.370 e. The van der Waals surface area contributed by atoms with E-state index in [1.165, 1.54) is 38.5 Å². The van der Waals surface area contributed by atoms with Crippen molar-refractivity contribution in [3.8, 4) is 0 Å². The molecule has 1 aromatic rings. The maximum atomic E-state index is 4.48. The van der Waals surface area contributed by atoms with Gasteiger partial charge in [0, 0.05) is 11.0 Å². The summed E-state index contributed by atoms with van der Waals surface area (Å²) in [6, 6.07) is 4.09. The van der Waals surface area contributed by atoms with Crippen molar-refractivity contribution in [1.29, 1.82) is 0 Å². The normalized spacial score (nSPS) is 16.4. The van der Waals surface area contributed by atoms with Crippen LogP contribution in [0, 0.1) is 12.8 Å². The first kappa shape index (κ1) is 12.9. The zero-order valence-electron chi connectivity index (χ0n) is 10.5. The molecule has 1 aliphatic rings. The zero-order valence-corrected chi connectivity index (χ0v) is 12.1. The molecule has 0 bridgehead atoms. The molecule has 0 atom stereocenters. The van der Waals surface area contributed by atoms with Gasteiger partial charge in [0.2, 0.25) is 0 Å². The number of rotatable bonds is 5. The van der Waals surface area contributed by atoms with Crippen LogP contribution in [-0.2, 0) is 0 Å². The van der Waals surface area contributed by atoms with Crippen LogP contribution in [0.1, 0.15) is 44.2 Å². The van der Waals surface area contributed by atoms with E-state index in [1.54, 1.807) is 0 Å². The lowest BCUT2D eigenvalue weighted by molar-refractivity contribution is 0.491. The van der Waals surface area contributed by atoms with Crippen LogP contribution >= 0.6 is 15.9 Å². The van der Waals surface area contributed by atoms with Gasteiger partial charge in [0.15, 0.2) is 0 Å².